The number of halogens is 1. The molecule has 162 valence electrons. The van der Waals surface area contributed by atoms with E-state index in [-0.39, 0.29) is 30.1 Å². The van der Waals surface area contributed by atoms with Gasteiger partial charge in [0.1, 0.15) is 5.92 Å². The van der Waals surface area contributed by atoms with Crippen LogP contribution in [-0.2, 0) is 14.4 Å². The van der Waals surface area contributed by atoms with Gasteiger partial charge in [-0.25, -0.2) is 0 Å². The largest absolute Gasteiger partial charge is 0.353 e. The molecular formula is C24H26ClN3O3. The minimum absolute atomic E-state index is 0.00703. The van der Waals surface area contributed by atoms with Crippen molar-refractivity contribution in [3.63, 3.8) is 0 Å². The molecule has 1 aromatic heterocycles. The number of aryl methyl sites for hydroxylation is 1. The van der Waals surface area contributed by atoms with Gasteiger partial charge in [0, 0.05) is 29.6 Å². The maximum atomic E-state index is 13.8. The van der Waals surface area contributed by atoms with Gasteiger partial charge in [-0.15, -0.1) is 0 Å². The van der Waals surface area contributed by atoms with E-state index in [0.717, 1.165) is 31.2 Å². The molecule has 2 aliphatic rings. The molecule has 1 saturated heterocycles. The summed E-state index contributed by atoms with van der Waals surface area (Å²) in [6.07, 6.45) is 7.17. The fourth-order valence-corrected chi connectivity index (χ4v) is 5.09. The highest BCUT2D eigenvalue weighted by molar-refractivity contribution is 6.30. The molecule has 2 heterocycles. The van der Waals surface area contributed by atoms with E-state index in [1.54, 1.807) is 42.7 Å². The van der Waals surface area contributed by atoms with Crippen LogP contribution in [0.15, 0.2) is 42.7 Å². The zero-order valence-corrected chi connectivity index (χ0v) is 18.2. The van der Waals surface area contributed by atoms with E-state index in [1.807, 2.05) is 6.92 Å². The van der Waals surface area contributed by atoms with Crippen molar-refractivity contribution in [2.75, 3.05) is 5.32 Å². The van der Waals surface area contributed by atoms with Crippen LogP contribution in [0.4, 0.5) is 5.69 Å². The molecule has 7 heteroatoms. The molecule has 1 aliphatic heterocycles. The lowest BCUT2D eigenvalue weighted by Gasteiger charge is -2.41. The van der Waals surface area contributed by atoms with Crippen molar-refractivity contribution in [1.82, 2.24) is 10.3 Å². The van der Waals surface area contributed by atoms with Crippen LogP contribution >= 0.6 is 11.6 Å². The quantitative estimate of drug-likeness (QED) is 0.688. The number of pyridine rings is 1. The second-order valence-electron chi connectivity index (χ2n) is 8.50. The highest BCUT2D eigenvalue weighted by atomic mass is 35.5. The third-order valence-electron chi connectivity index (χ3n) is 6.48. The minimum Gasteiger partial charge on any atom is -0.353 e. The summed E-state index contributed by atoms with van der Waals surface area (Å²) >= 11 is 6.19. The second kappa shape index (κ2) is 9.18. The molecule has 4 rings (SSSR count). The number of hydrogen-bond donors (Lipinski definition) is 2. The molecule has 4 unspecified atom stereocenters. The topological polar surface area (TPSA) is 88.2 Å². The Labute approximate surface area is 186 Å². The summed E-state index contributed by atoms with van der Waals surface area (Å²) in [7, 11) is 0. The van der Waals surface area contributed by atoms with Gasteiger partial charge in [0.05, 0.1) is 11.9 Å². The van der Waals surface area contributed by atoms with E-state index in [1.165, 1.54) is 0 Å². The summed E-state index contributed by atoms with van der Waals surface area (Å²) in [4.78, 5) is 43.7. The first-order valence-electron chi connectivity index (χ1n) is 10.7. The van der Waals surface area contributed by atoms with Gasteiger partial charge in [-0.3, -0.25) is 19.4 Å². The van der Waals surface area contributed by atoms with E-state index in [9.17, 15) is 14.4 Å². The van der Waals surface area contributed by atoms with E-state index in [0.29, 0.717) is 16.3 Å². The number of nitrogens with one attached hydrogen (secondary N) is 2. The molecule has 4 atom stereocenters. The van der Waals surface area contributed by atoms with Crippen molar-refractivity contribution < 1.29 is 14.4 Å². The van der Waals surface area contributed by atoms with Gasteiger partial charge >= 0.3 is 0 Å². The molecule has 0 radical (unpaired) electrons. The molecule has 2 aromatic rings. The Morgan fingerprint density at radius 1 is 1.23 bits per heavy atom. The predicted octanol–water partition coefficient (Wildman–Crippen LogP) is 4.03. The normalized spacial score (nSPS) is 23.9. The Morgan fingerprint density at radius 3 is 2.81 bits per heavy atom. The maximum Gasteiger partial charge on any atom is 0.239 e. The fourth-order valence-electron chi connectivity index (χ4n) is 4.89. The third kappa shape index (κ3) is 4.64. The number of piperidine rings is 1. The summed E-state index contributed by atoms with van der Waals surface area (Å²) in [5.74, 6) is -2.22. The minimum atomic E-state index is -1.04. The summed E-state index contributed by atoms with van der Waals surface area (Å²) in [6, 6.07) is 8.64. The average Bonchev–Trinajstić information content (AvgIpc) is 2.75. The molecule has 2 fully saturated rings. The molecule has 0 spiro atoms. The number of carbonyl (C=O) groups excluding carboxylic acids is 3. The van der Waals surface area contributed by atoms with E-state index < -0.39 is 17.7 Å². The van der Waals surface area contributed by atoms with Gasteiger partial charge in [0.2, 0.25) is 11.8 Å². The zero-order valence-electron chi connectivity index (χ0n) is 17.4. The van der Waals surface area contributed by atoms with Crippen molar-refractivity contribution >= 4 is 34.9 Å². The van der Waals surface area contributed by atoms with Crippen LogP contribution in [0.1, 0.15) is 49.1 Å². The van der Waals surface area contributed by atoms with Crippen molar-refractivity contribution in [2.24, 2.45) is 11.8 Å². The van der Waals surface area contributed by atoms with Crippen molar-refractivity contribution in [2.45, 2.75) is 51.0 Å². The van der Waals surface area contributed by atoms with Crippen LogP contribution in [0, 0.1) is 18.8 Å². The molecule has 2 amide bonds. The Morgan fingerprint density at radius 2 is 2.03 bits per heavy atom. The van der Waals surface area contributed by atoms with Crippen LogP contribution in [0.25, 0.3) is 0 Å². The Kier molecular flexibility index (Phi) is 6.37. The number of aromatic nitrogens is 1. The molecule has 31 heavy (non-hydrogen) atoms. The number of nitrogens with zero attached hydrogens (tertiary/aromatic N) is 1. The van der Waals surface area contributed by atoms with Crippen molar-refractivity contribution in [1.29, 1.82) is 0 Å². The number of Topliss-reactive ketones (excluding diaryl/α,β-unsaturated/α-hetero) is 1. The van der Waals surface area contributed by atoms with E-state index in [4.69, 9.17) is 11.6 Å². The molecule has 2 N–H and O–H groups in total. The molecular weight excluding hydrogens is 414 g/mol. The van der Waals surface area contributed by atoms with Crippen molar-refractivity contribution in [3.05, 3.63) is 58.9 Å². The molecule has 1 aliphatic carbocycles. The van der Waals surface area contributed by atoms with Crippen LogP contribution < -0.4 is 10.6 Å². The third-order valence-corrected chi connectivity index (χ3v) is 6.71. The fraction of sp³-hybridized carbons (Fsp3) is 0.417. The summed E-state index contributed by atoms with van der Waals surface area (Å²) in [6.45, 7) is 1.87. The van der Waals surface area contributed by atoms with Gasteiger partial charge in [-0.2, -0.15) is 0 Å². The van der Waals surface area contributed by atoms with Crippen LogP contribution in [0.2, 0.25) is 5.02 Å². The second-order valence-corrected chi connectivity index (χ2v) is 8.94. The summed E-state index contributed by atoms with van der Waals surface area (Å²) in [5, 5.41) is 6.37. The number of hydrogen-bond acceptors (Lipinski definition) is 4. The van der Waals surface area contributed by atoms with Crippen LogP contribution in [-0.4, -0.2) is 28.6 Å². The van der Waals surface area contributed by atoms with Crippen LogP contribution in [0.3, 0.4) is 0 Å². The highest BCUT2D eigenvalue weighted by Gasteiger charge is 2.45. The lowest BCUT2D eigenvalue weighted by Crippen LogP contribution is -2.53. The first-order chi connectivity index (χ1) is 14.9. The smallest absolute Gasteiger partial charge is 0.239 e. The van der Waals surface area contributed by atoms with Gasteiger partial charge in [0.15, 0.2) is 5.78 Å². The molecule has 1 saturated carbocycles. The Hall–Kier alpha value is -2.73. The van der Waals surface area contributed by atoms with Gasteiger partial charge in [-0.1, -0.05) is 36.6 Å². The molecule has 1 aromatic carbocycles. The van der Waals surface area contributed by atoms with E-state index >= 15 is 0 Å². The number of amides is 2. The SMILES string of the molecule is Cc1ccncc1NC(=O)C(C(=O)C1CC(=O)NC2CCCCC21)c1cccc(Cl)c1. The maximum absolute atomic E-state index is 13.8. The first kappa shape index (κ1) is 21.5. The lowest BCUT2D eigenvalue weighted by atomic mass is 9.68. The average molecular weight is 440 g/mol. The van der Waals surface area contributed by atoms with Gasteiger partial charge < -0.3 is 10.6 Å². The Balaban J connectivity index is 1.68. The number of ketones is 1. The zero-order chi connectivity index (χ0) is 22.0. The summed E-state index contributed by atoms with van der Waals surface area (Å²) in [5.41, 5.74) is 1.95. The lowest BCUT2D eigenvalue weighted by molar-refractivity contribution is -0.139. The van der Waals surface area contributed by atoms with E-state index in [2.05, 4.69) is 15.6 Å². The van der Waals surface area contributed by atoms with Crippen LogP contribution in [0.5, 0.6) is 0 Å². The highest BCUT2D eigenvalue weighted by Crippen LogP contribution is 2.39. The number of rotatable bonds is 5. The van der Waals surface area contributed by atoms with Gasteiger partial charge in [-0.05, 0) is 55.0 Å². The number of carbonyl (C=O) groups is 3. The number of fused-ring (bicyclic) bond motifs is 1. The molecule has 6 nitrogen and oxygen atoms in total. The summed E-state index contributed by atoms with van der Waals surface area (Å²) < 4.78 is 0. The molecule has 0 bridgehead atoms. The standard InChI is InChI=1S/C24H26ClN3O3/c1-14-9-10-26-13-20(14)28-24(31)22(15-5-4-6-16(25)11-15)23(30)18-12-21(29)27-19-8-3-2-7-17(18)19/h4-6,9-11,13,17-19,22H,2-3,7-8,12H2,1H3,(H,27,29)(H,28,31). The van der Waals surface area contributed by atoms with Gasteiger partial charge in [0.25, 0.3) is 0 Å². The Bertz CT molecular complexity index is 1010. The number of benzene rings is 1. The predicted molar refractivity (Wildman–Crippen MR) is 119 cm³/mol. The first-order valence-corrected chi connectivity index (χ1v) is 11.1. The van der Waals surface area contributed by atoms with Crippen molar-refractivity contribution in [3.8, 4) is 0 Å². The monoisotopic (exact) mass is 439 g/mol. The number of anilines is 1.